The quantitative estimate of drug-likeness (QED) is 0.813. The van der Waals surface area contributed by atoms with Crippen LogP contribution in [0.4, 0.5) is 0 Å². The molecule has 1 aromatic carbocycles. The van der Waals surface area contributed by atoms with Crippen LogP contribution in [-0.2, 0) is 6.42 Å². The van der Waals surface area contributed by atoms with Crippen molar-refractivity contribution >= 4 is 12.4 Å². The lowest BCUT2D eigenvalue weighted by Crippen LogP contribution is -2.64. The van der Waals surface area contributed by atoms with Crippen LogP contribution in [0.3, 0.4) is 0 Å². The third kappa shape index (κ3) is 1.74. The number of hydrogen-bond donors (Lipinski definition) is 1. The Labute approximate surface area is 102 Å². The number of nitrogens with one attached hydrogen (secondary N) is 1. The molecule has 0 atom stereocenters. The van der Waals surface area contributed by atoms with Crippen molar-refractivity contribution in [1.29, 1.82) is 0 Å². The summed E-state index contributed by atoms with van der Waals surface area (Å²) in [6.07, 6.45) is 2.24. The molecular weight excluding hydrogens is 226 g/mol. The SMILES string of the molecule is COc1ccc2c(c1)OC1(CC2)CNC1.Cl. The van der Waals surface area contributed by atoms with E-state index in [4.69, 9.17) is 9.47 Å². The van der Waals surface area contributed by atoms with Crippen molar-refractivity contribution in [2.75, 3.05) is 20.2 Å². The molecule has 0 unspecified atom stereocenters. The van der Waals surface area contributed by atoms with Crippen LogP contribution < -0.4 is 14.8 Å². The van der Waals surface area contributed by atoms with Gasteiger partial charge in [-0.1, -0.05) is 6.07 Å². The second kappa shape index (κ2) is 4.15. The summed E-state index contributed by atoms with van der Waals surface area (Å²) < 4.78 is 11.3. The van der Waals surface area contributed by atoms with E-state index in [9.17, 15) is 0 Å². The molecule has 88 valence electrons. The van der Waals surface area contributed by atoms with Crippen LogP contribution in [0.25, 0.3) is 0 Å². The predicted octanol–water partition coefficient (Wildman–Crippen LogP) is 1.78. The highest BCUT2D eigenvalue weighted by Crippen LogP contribution is 2.37. The van der Waals surface area contributed by atoms with Gasteiger partial charge in [0.05, 0.1) is 7.11 Å². The van der Waals surface area contributed by atoms with Gasteiger partial charge in [-0.05, 0) is 24.5 Å². The average molecular weight is 242 g/mol. The van der Waals surface area contributed by atoms with E-state index in [1.54, 1.807) is 7.11 Å². The largest absolute Gasteiger partial charge is 0.497 e. The van der Waals surface area contributed by atoms with Gasteiger partial charge in [0, 0.05) is 19.2 Å². The van der Waals surface area contributed by atoms with Gasteiger partial charge in [0.15, 0.2) is 0 Å². The molecule has 2 heterocycles. The zero-order valence-electron chi connectivity index (χ0n) is 9.29. The minimum absolute atomic E-state index is 0. The van der Waals surface area contributed by atoms with E-state index in [0.29, 0.717) is 0 Å². The normalized spacial score (nSPS) is 20.1. The molecular formula is C12H16ClNO2. The van der Waals surface area contributed by atoms with E-state index in [0.717, 1.165) is 37.4 Å². The molecule has 0 saturated carbocycles. The van der Waals surface area contributed by atoms with Crippen molar-refractivity contribution in [3.63, 3.8) is 0 Å². The van der Waals surface area contributed by atoms with Crippen LogP contribution in [0.2, 0.25) is 0 Å². The van der Waals surface area contributed by atoms with E-state index >= 15 is 0 Å². The van der Waals surface area contributed by atoms with Gasteiger partial charge in [-0.15, -0.1) is 12.4 Å². The van der Waals surface area contributed by atoms with Crippen LogP contribution >= 0.6 is 12.4 Å². The smallest absolute Gasteiger partial charge is 0.134 e. The Morgan fingerprint density at radius 3 is 2.81 bits per heavy atom. The molecule has 0 aromatic heterocycles. The monoisotopic (exact) mass is 241 g/mol. The van der Waals surface area contributed by atoms with Crippen molar-refractivity contribution in [2.24, 2.45) is 0 Å². The summed E-state index contributed by atoms with van der Waals surface area (Å²) in [5.41, 5.74) is 1.37. The molecule has 0 amide bonds. The van der Waals surface area contributed by atoms with Gasteiger partial charge in [-0.2, -0.15) is 0 Å². The molecule has 2 aliphatic rings. The summed E-state index contributed by atoms with van der Waals surface area (Å²) in [7, 11) is 1.69. The third-order valence-electron chi connectivity index (χ3n) is 3.35. The second-order valence-electron chi connectivity index (χ2n) is 4.36. The fraction of sp³-hybridized carbons (Fsp3) is 0.500. The number of ether oxygens (including phenoxy) is 2. The van der Waals surface area contributed by atoms with Gasteiger partial charge in [0.2, 0.25) is 0 Å². The molecule has 0 radical (unpaired) electrons. The van der Waals surface area contributed by atoms with Crippen LogP contribution in [0.5, 0.6) is 11.5 Å². The lowest BCUT2D eigenvalue weighted by molar-refractivity contribution is -0.00249. The molecule has 16 heavy (non-hydrogen) atoms. The van der Waals surface area contributed by atoms with Crippen LogP contribution in [0, 0.1) is 0 Å². The minimum Gasteiger partial charge on any atom is -0.497 e. The summed E-state index contributed by atoms with van der Waals surface area (Å²) >= 11 is 0. The van der Waals surface area contributed by atoms with Crippen LogP contribution in [0.15, 0.2) is 18.2 Å². The molecule has 2 aliphatic heterocycles. The van der Waals surface area contributed by atoms with Crippen molar-refractivity contribution < 1.29 is 9.47 Å². The van der Waals surface area contributed by atoms with E-state index in [1.165, 1.54) is 5.56 Å². The van der Waals surface area contributed by atoms with Crippen molar-refractivity contribution in [2.45, 2.75) is 18.4 Å². The number of rotatable bonds is 1. The molecule has 1 aromatic rings. The van der Waals surface area contributed by atoms with Gasteiger partial charge in [-0.25, -0.2) is 0 Å². The highest BCUT2D eigenvalue weighted by Gasteiger charge is 2.41. The summed E-state index contributed by atoms with van der Waals surface area (Å²) in [5, 5.41) is 3.27. The molecule has 1 N–H and O–H groups in total. The molecule has 1 saturated heterocycles. The van der Waals surface area contributed by atoms with Crippen LogP contribution in [0.1, 0.15) is 12.0 Å². The Balaban J connectivity index is 0.000000963. The maximum absolute atomic E-state index is 6.06. The Kier molecular flexibility index (Phi) is 3.00. The number of fused-ring (bicyclic) bond motifs is 1. The Hall–Kier alpha value is -0.930. The Bertz CT molecular complexity index is 391. The number of benzene rings is 1. The van der Waals surface area contributed by atoms with Gasteiger partial charge >= 0.3 is 0 Å². The highest BCUT2D eigenvalue weighted by molar-refractivity contribution is 5.85. The second-order valence-corrected chi connectivity index (χ2v) is 4.36. The molecule has 3 rings (SSSR count). The minimum atomic E-state index is 0. The topological polar surface area (TPSA) is 30.5 Å². The molecule has 1 spiro atoms. The maximum atomic E-state index is 6.06. The van der Waals surface area contributed by atoms with Crippen molar-refractivity contribution in [3.8, 4) is 11.5 Å². The molecule has 1 fully saturated rings. The fourth-order valence-corrected chi connectivity index (χ4v) is 2.26. The first-order chi connectivity index (χ1) is 7.31. The molecule has 0 aliphatic carbocycles. The lowest BCUT2D eigenvalue weighted by Gasteiger charge is -2.45. The number of hydrogen-bond acceptors (Lipinski definition) is 3. The van der Waals surface area contributed by atoms with Crippen LogP contribution in [-0.4, -0.2) is 25.8 Å². The third-order valence-corrected chi connectivity index (χ3v) is 3.35. The van der Waals surface area contributed by atoms with Crippen molar-refractivity contribution in [1.82, 2.24) is 5.32 Å². The number of halogens is 1. The number of methoxy groups -OCH3 is 1. The lowest BCUT2D eigenvalue weighted by atomic mass is 9.86. The molecule has 3 nitrogen and oxygen atoms in total. The maximum Gasteiger partial charge on any atom is 0.134 e. The summed E-state index contributed by atoms with van der Waals surface area (Å²) in [6.45, 7) is 1.95. The van der Waals surface area contributed by atoms with E-state index in [1.807, 2.05) is 12.1 Å². The summed E-state index contributed by atoms with van der Waals surface area (Å²) in [6, 6.07) is 6.10. The van der Waals surface area contributed by atoms with Gasteiger partial charge in [-0.3, -0.25) is 0 Å². The van der Waals surface area contributed by atoms with Gasteiger partial charge < -0.3 is 14.8 Å². The Morgan fingerprint density at radius 2 is 2.19 bits per heavy atom. The predicted molar refractivity (Wildman–Crippen MR) is 64.8 cm³/mol. The standard InChI is InChI=1S/C12H15NO2.ClH/c1-14-10-3-2-9-4-5-12(7-13-8-12)15-11(9)6-10;/h2-3,6,13H,4-5,7-8H2,1H3;1H. The van der Waals surface area contributed by atoms with Crippen molar-refractivity contribution in [3.05, 3.63) is 23.8 Å². The molecule has 0 bridgehead atoms. The zero-order chi connectivity index (χ0) is 10.3. The van der Waals surface area contributed by atoms with E-state index in [2.05, 4.69) is 11.4 Å². The average Bonchev–Trinajstić information content (AvgIpc) is 2.25. The molecule has 4 heteroatoms. The van der Waals surface area contributed by atoms with E-state index in [-0.39, 0.29) is 18.0 Å². The fourth-order valence-electron chi connectivity index (χ4n) is 2.26. The number of aryl methyl sites for hydroxylation is 1. The summed E-state index contributed by atoms with van der Waals surface area (Å²) in [4.78, 5) is 0. The van der Waals surface area contributed by atoms with E-state index < -0.39 is 0 Å². The first kappa shape index (κ1) is 11.6. The van der Waals surface area contributed by atoms with Gasteiger partial charge in [0.25, 0.3) is 0 Å². The first-order valence-electron chi connectivity index (χ1n) is 5.38. The first-order valence-corrected chi connectivity index (χ1v) is 5.38. The summed E-state index contributed by atoms with van der Waals surface area (Å²) in [5.74, 6) is 1.88. The van der Waals surface area contributed by atoms with Gasteiger partial charge in [0.1, 0.15) is 17.1 Å². The Morgan fingerprint density at radius 1 is 1.38 bits per heavy atom. The highest BCUT2D eigenvalue weighted by atomic mass is 35.5. The zero-order valence-corrected chi connectivity index (χ0v) is 10.1.